The summed E-state index contributed by atoms with van der Waals surface area (Å²) in [4.78, 5) is 0. The molecule has 0 aromatic rings. The molecule has 0 radical (unpaired) electrons. The van der Waals surface area contributed by atoms with Crippen molar-refractivity contribution in [2.75, 3.05) is 6.61 Å². The van der Waals surface area contributed by atoms with Crippen LogP contribution in [0.3, 0.4) is 0 Å². The van der Waals surface area contributed by atoms with Gasteiger partial charge >= 0.3 is 30.0 Å². The predicted octanol–water partition coefficient (Wildman–Crippen LogP) is 4.79. The van der Waals surface area contributed by atoms with Crippen molar-refractivity contribution < 1.29 is 20.8 Å². The van der Waals surface area contributed by atoms with E-state index in [1.807, 2.05) is 19.1 Å². The first-order valence-corrected chi connectivity index (χ1v) is 15.2. The van der Waals surface area contributed by atoms with Gasteiger partial charge in [-0.2, -0.15) is 0 Å². The van der Waals surface area contributed by atoms with E-state index in [0.29, 0.717) is 6.61 Å². The quantitative estimate of drug-likeness (QED) is 0.400. The first-order valence-electron chi connectivity index (χ1n) is 5.33. The molecule has 0 aromatic carbocycles. The molecule has 0 heterocycles. The van der Waals surface area contributed by atoms with E-state index in [0.717, 1.165) is 5.57 Å². The molecule has 0 spiro atoms. The SMILES string of the molecule is [CH-]=C(C)/C=C/CO[Si](C)(C)C(C)(C)C.[Zn+][Br]. The summed E-state index contributed by atoms with van der Waals surface area (Å²) in [6.07, 6.45) is 3.88. The molecule has 0 saturated carbocycles. The molecule has 1 nitrogen and oxygen atoms in total. The van der Waals surface area contributed by atoms with E-state index in [1.165, 1.54) is 16.3 Å². The van der Waals surface area contributed by atoms with Crippen LogP contribution in [0.25, 0.3) is 0 Å². The van der Waals surface area contributed by atoms with Gasteiger partial charge in [-0.25, -0.2) is 11.6 Å². The van der Waals surface area contributed by atoms with Crippen molar-refractivity contribution in [2.45, 2.75) is 45.8 Å². The zero-order valence-electron chi connectivity index (χ0n) is 11.4. The molecule has 0 rings (SSSR count). The van der Waals surface area contributed by atoms with E-state index in [9.17, 15) is 0 Å². The Labute approximate surface area is 119 Å². The fraction of sp³-hybridized carbons (Fsp3) is 0.667. The maximum absolute atomic E-state index is 5.93. The number of rotatable bonds is 4. The second-order valence-corrected chi connectivity index (χ2v) is 10.0. The molecule has 0 saturated heterocycles. The standard InChI is InChI=1S/C12H23OSi.BrH.Zn/c1-11(2)9-8-10-13-14(6,7)12(3,4)5;;/h1,8-9H,10H2,2-7H3;1H;/q-1;;+2/p-1/b9-8+;;. The Morgan fingerprint density at radius 1 is 1.38 bits per heavy atom. The van der Waals surface area contributed by atoms with Crippen LogP contribution in [0, 0.1) is 6.58 Å². The Morgan fingerprint density at radius 2 is 1.81 bits per heavy atom. The third-order valence-electron chi connectivity index (χ3n) is 2.73. The minimum absolute atomic E-state index is 0.280. The molecule has 0 N–H and O–H groups in total. The van der Waals surface area contributed by atoms with E-state index >= 15 is 0 Å². The molecule has 0 aliphatic heterocycles. The summed E-state index contributed by atoms with van der Waals surface area (Å²) in [6.45, 7) is 19.3. The van der Waals surface area contributed by atoms with E-state index in [4.69, 9.17) is 11.0 Å². The van der Waals surface area contributed by atoms with Crippen molar-refractivity contribution in [3.8, 4) is 0 Å². The van der Waals surface area contributed by atoms with Crippen molar-refractivity contribution in [1.29, 1.82) is 0 Å². The van der Waals surface area contributed by atoms with Crippen LogP contribution in [0.4, 0.5) is 0 Å². The van der Waals surface area contributed by atoms with E-state index in [2.05, 4.69) is 47.5 Å². The van der Waals surface area contributed by atoms with Gasteiger partial charge in [0.25, 0.3) is 0 Å². The van der Waals surface area contributed by atoms with Gasteiger partial charge in [-0.05, 0) is 18.1 Å². The number of halogens is 1. The van der Waals surface area contributed by atoms with Crippen molar-refractivity contribution in [3.05, 3.63) is 24.3 Å². The molecule has 0 fully saturated rings. The third-order valence-corrected chi connectivity index (χ3v) is 7.23. The number of hydrogen-bond acceptors (Lipinski definition) is 1. The van der Waals surface area contributed by atoms with Gasteiger partial charge in [0, 0.05) is 6.61 Å². The molecular formula is C12H23BrOSiZn. The summed E-state index contributed by atoms with van der Waals surface area (Å²) >= 11 is 4.25. The molecular weight excluding hydrogens is 334 g/mol. The Morgan fingerprint density at radius 3 is 2.12 bits per heavy atom. The van der Waals surface area contributed by atoms with E-state index in [1.54, 1.807) is 0 Å². The minimum atomic E-state index is -1.58. The average molecular weight is 357 g/mol. The van der Waals surface area contributed by atoms with Gasteiger partial charge in [-0.15, -0.1) is 6.08 Å². The van der Waals surface area contributed by atoms with Crippen molar-refractivity contribution >= 4 is 21.9 Å². The molecule has 0 aliphatic carbocycles. The van der Waals surface area contributed by atoms with Gasteiger partial charge in [0.1, 0.15) is 0 Å². The summed E-state index contributed by atoms with van der Waals surface area (Å²) < 4.78 is 5.93. The Hall–Kier alpha value is 0.760. The van der Waals surface area contributed by atoms with E-state index < -0.39 is 8.32 Å². The molecule has 0 unspecified atom stereocenters. The summed E-state index contributed by atoms with van der Waals surface area (Å²) in [5.74, 6) is 0. The van der Waals surface area contributed by atoms with E-state index in [-0.39, 0.29) is 5.04 Å². The number of allylic oxidation sites excluding steroid dienone is 2. The Bertz CT molecular complexity index is 232. The molecule has 4 heteroatoms. The van der Waals surface area contributed by atoms with Crippen LogP contribution in [0.1, 0.15) is 27.7 Å². The zero-order chi connectivity index (χ0) is 13.4. The van der Waals surface area contributed by atoms with Gasteiger partial charge in [0.05, 0.1) is 0 Å². The molecule has 0 amide bonds. The Kier molecular flexibility index (Phi) is 10.5. The Balaban J connectivity index is 0. The average Bonchev–Trinajstić information content (AvgIpc) is 2.14. The summed E-state index contributed by atoms with van der Waals surface area (Å²) in [5, 5.41) is 0.280. The summed E-state index contributed by atoms with van der Waals surface area (Å²) in [7, 11) is -1.58. The normalized spacial score (nSPS) is 12.3. The summed E-state index contributed by atoms with van der Waals surface area (Å²) in [5.41, 5.74) is 0.823. The second kappa shape index (κ2) is 8.79. The monoisotopic (exact) mass is 354 g/mol. The fourth-order valence-electron chi connectivity index (χ4n) is 0.707. The first-order chi connectivity index (χ1) is 7.17. The van der Waals surface area contributed by atoms with Crippen LogP contribution < -0.4 is 0 Å². The molecule has 90 valence electrons. The first kappa shape index (κ1) is 19.1. The summed E-state index contributed by atoms with van der Waals surface area (Å²) in [6, 6.07) is 0. The van der Waals surface area contributed by atoms with Gasteiger partial charge in [0.2, 0.25) is 0 Å². The van der Waals surface area contributed by atoms with Crippen molar-refractivity contribution in [1.82, 2.24) is 0 Å². The van der Waals surface area contributed by atoms with Crippen LogP contribution >= 0.6 is 13.6 Å². The van der Waals surface area contributed by atoms with Crippen LogP contribution in [0.2, 0.25) is 18.1 Å². The second-order valence-electron chi connectivity index (χ2n) is 5.22. The van der Waals surface area contributed by atoms with Crippen LogP contribution in [0.15, 0.2) is 17.7 Å². The van der Waals surface area contributed by atoms with Crippen molar-refractivity contribution in [2.24, 2.45) is 0 Å². The van der Waals surface area contributed by atoms with Crippen LogP contribution in [-0.2, 0) is 20.8 Å². The van der Waals surface area contributed by atoms with Crippen LogP contribution in [0.5, 0.6) is 0 Å². The molecule has 0 atom stereocenters. The van der Waals surface area contributed by atoms with Gasteiger partial charge in [-0.1, -0.05) is 27.7 Å². The zero-order valence-corrected chi connectivity index (χ0v) is 17.0. The van der Waals surface area contributed by atoms with Crippen LogP contribution in [-0.4, -0.2) is 14.9 Å². The molecule has 0 bridgehead atoms. The fourth-order valence-corrected chi connectivity index (χ4v) is 1.65. The van der Waals surface area contributed by atoms with Gasteiger partial charge in [-0.3, -0.25) is 6.58 Å². The predicted molar refractivity (Wildman–Crippen MR) is 74.7 cm³/mol. The third kappa shape index (κ3) is 8.86. The molecule has 0 aliphatic rings. The topological polar surface area (TPSA) is 9.23 Å². The number of hydrogen-bond donors (Lipinski definition) is 0. The molecule has 0 aromatic heterocycles. The van der Waals surface area contributed by atoms with Gasteiger partial charge in [0.15, 0.2) is 8.32 Å². The van der Waals surface area contributed by atoms with Crippen molar-refractivity contribution in [3.63, 3.8) is 0 Å². The van der Waals surface area contributed by atoms with Gasteiger partial charge < -0.3 is 4.43 Å². The molecule has 16 heavy (non-hydrogen) atoms. The maximum atomic E-state index is 5.93.